The Bertz CT molecular complexity index is 975. The van der Waals surface area contributed by atoms with Crippen LogP contribution in [0.4, 0.5) is 35.9 Å². The number of amides is 1. The van der Waals surface area contributed by atoms with Gasteiger partial charge < -0.3 is 5.32 Å². The zero-order valence-electron chi connectivity index (χ0n) is 13.3. The highest BCUT2D eigenvalue weighted by molar-refractivity contribution is 6.06. The number of nitrogens with zero attached hydrogens (tertiary/aromatic N) is 3. The first-order valence-corrected chi connectivity index (χ1v) is 7.01. The molecule has 0 heterocycles. The monoisotopic (exact) mass is 400 g/mol. The van der Waals surface area contributed by atoms with Crippen molar-refractivity contribution in [1.82, 2.24) is 0 Å². The third-order valence-electron chi connectivity index (χ3n) is 3.36. The summed E-state index contributed by atoms with van der Waals surface area (Å²) in [5.41, 5.74) is -5.21. The number of carbonyl (C=O) groups excluding carboxylic acids is 1. The predicted octanol–water partition coefficient (Wildman–Crippen LogP) is 3.68. The van der Waals surface area contributed by atoms with Gasteiger partial charge in [-0.1, -0.05) is 0 Å². The van der Waals surface area contributed by atoms with Crippen molar-refractivity contribution >= 4 is 28.7 Å². The quantitative estimate of drug-likeness (QED) is 0.592. The van der Waals surface area contributed by atoms with Crippen LogP contribution in [-0.2, 0) is 6.18 Å². The number of nitro groups is 3. The lowest BCUT2D eigenvalue weighted by Crippen LogP contribution is -2.15. The molecule has 0 aliphatic heterocycles. The topological polar surface area (TPSA) is 159 Å². The summed E-state index contributed by atoms with van der Waals surface area (Å²) in [6.45, 7) is 0. The van der Waals surface area contributed by atoms with Gasteiger partial charge in [-0.25, -0.2) is 0 Å². The van der Waals surface area contributed by atoms with E-state index in [-0.39, 0.29) is 6.07 Å². The van der Waals surface area contributed by atoms with E-state index >= 15 is 0 Å². The molecule has 0 bridgehead atoms. The molecule has 2 rings (SSSR count). The maximum absolute atomic E-state index is 12.7. The molecule has 14 heteroatoms. The summed E-state index contributed by atoms with van der Waals surface area (Å²) in [5, 5.41) is 34.6. The van der Waals surface area contributed by atoms with Gasteiger partial charge in [0.25, 0.3) is 23.0 Å². The second-order valence-corrected chi connectivity index (χ2v) is 5.19. The standard InChI is InChI=1S/C14H7F3N4O7/c15-14(16,17)8-1-2-11(12(5-8)21(27)28)18-13(22)7-3-9(19(23)24)6-10(4-7)20(25)26/h1-6H,(H,18,22). The number of hydrogen-bond donors (Lipinski definition) is 1. The van der Waals surface area contributed by atoms with Crippen molar-refractivity contribution in [2.45, 2.75) is 6.18 Å². The fourth-order valence-electron chi connectivity index (χ4n) is 2.10. The average Bonchev–Trinajstić information content (AvgIpc) is 2.60. The van der Waals surface area contributed by atoms with Crippen molar-refractivity contribution < 1.29 is 32.7 Å². The predicted molar refractivity (Wildman–Crippen MR) is 85.8 cm³/mol. The van der Waals surface area contributed by atoms with Gasteiger partial charge in [0.1, 0.15) is 5.69 Å². The molecular formula is C14H7F3N4O7. The lowest BCUT2D eigenvalue weighted by atomic mass is 10.1. The minimum absolute atomic E-state index is 0.200. The number of carbonyl (C=O) groups is 1. The molecule has 11 nitrogen and oxygen atoms in total. The van der Waals surface area contributed by atoms with Crippen molar-refractivity contribution in [3.63, 3.8) is 0 Å². The molecule has 0 unspecified atom stereocenters. The van der Waals surface area contributed by atoms with Crippen LogP contribution in [0.1, 0.15) is 15.9 Å². The molecule has 28 heavy (non-hydrogen) atoms. The highest BCUT2D eigenvalue weighted by atomic mass is 19.4. The molecule has 0 saturated heterocycles. The molecule has 0 fully saturated rings. The van der Waals surface area contributed by atoms with E-state index in [1.807, 2.05) is 5.32 Å². The van der Waals surface area contributed by atoms with Crippen LogP contribution >= 0.6 is 0 Å². The third-order valence-corrected chi connectivity index (χ3v) is 3.36. The van der Waals surface area contributed by atoms with Gasteiger partial charge in [-0.3, -0.25) is 35.1 Å². The number of non-ortho nitro benzene ring substituents is 2. The second kappa shape index (κ2) is 7.26. The minimum atomic E-state index is -4.87. The summed E-state index contributed by atoms with van der Waals surface area (Å²) in [5.74, 6) is -1.23. The number of anilines is 1. The zero-order valence-corrected chi connectivity index (χ0v) is 13.3. The Labute approximate surface area is 151 Å². The van der Waals surface area contributed by atoms with E-state index in [0.717, 1.165) is 0 Å². The smallest absolute Gasteiger partial charge is 0.316 e. The summed E-state index contributed by atoms with van der Waals surface area (Å²) in [4.78, 5) is 41.8. The van der Waals surface area contributed by atoms with Crippen molar-refractivity contribution in [2.24, 2.45) is 0 Å². The fraction of sp³-hybridized carbons (Fsp3) is 0.0714. The Morgan fingerprint density at radius 3 is 1.82 bits per heavy atom. The van der Waals surface area contributed by atoms with Gasteiger partial charge in [0, 0.05) is 18.2 Å². The van der Waals surface area contributed by atoms with Gasteiger partial charge in [-0.2, -0.15) is 13.2 Å². The molecule has 0 aliphatic rings. The van der Waals surface area contributed by atoms with E-state index < -0.39 is 60.7 Å². The largest absolute Gasteiger partial charge is 0.416 e. The molecule has 2 aromatic carbocycles. The highest BCUT2D eigenvalue weighted by Crippen LogP contribution is 2.35. The zero-order chi connectivity index (χ0) is 21.2. The summed E-state index contributed by atoms with van der Waals surface area (Å²) < 4.78 is 38.1. The van der Waals surface area contributed by atoms with Crippen LogP contribution in [0.15, 0.2) is 36.4 Å². The van der Waals surface area contributed by atoms with Gasteiger partial charge in [0.15, 0.2) is 0 Å². The van der Waals surface area contributed by atoms with Crippen LogP contribution in [-0.4, -0.2) is 20.7 Å². The van der Waals surface area contributed by atoms with Crippen LogP contribution in [0.5, 0.6) is 0 Å². The minimum Gasteiger partial charge on any atom is -0.316 e. The van der Waals surface area contributed by atoms with Gasteiger partial charge in [0.05, 0.1) is 32.0 Å². The van der Waals surface area contributed by atoms with Crippen LogP contribution in [0.2, 0.25) is 0 Å². The van der Waals surface area contributed by atoms with Crippen molar-refractivity contribution in [3.05, 3.63) is 77.9 Å². The molecule has 0 aromatic heterocycles. The molecule has 146 valence electrons. The Balaban J connectivity index is 2.46. The van der Waals surface area contributed by atoms with Gasteiger partial charge in [-0.15, -0.1) is 0 Å². The lowest BCUT2D eigenvalue weighted by molar-refractivity contribution is -0.394. The van der Waals surface area contributed by atoms with Crippen LogP contribution < -0.4 is 5.32 Å². The number of rotatable bonds is 5. The Morgan fingerprint density at radius 2 is 1.39 bits per heavy atom. The lowest BCUT2D eigenvalue weighted by Gasteiger charge is -2.10. The molecule has 0 aliphatic carbocycles. The molecule has 0 saturated carbocycles. The number of halogens is 3. The SMILES string of the molecule is O=C(Nc1ccc(C(F)(F)F)cc1[N+](=O)[O-])c1cc([N+](=O)[O-])cc([N+](=O)[O-])c1. The van der Waals surface area contributed by atoms with Crippen molar-refractivity contribution in [1.29, 1.82) is 0 Å². The molecular weight excluding hydrogens is 393 g/mol. The van der Waals surface area contributed by atoms with Crippen molar-refractivity contribution in [3.8, 4) is 0 Å². The highest BCUT2D eigenvalue weighted by Gasteiger charge is 2.33. The first-order valence-electron chi connectivity index (χ1n) is 7.01. The van der Waals surface area contributed by atoms with E-state index in [1.54, 1.807) is 0 Å². The van der Waals surface area contributed by atoms with Crippen LogP contribution in [0.25, 0.3) is 0 Å². The molecule has 1 N–H and O–H groups in total. The van der Waals surface area contributed by atoms with E-state index in [9.17, 15) is 48.3 Å². The van der Waals surface area contributed by atoms with Gasteiger partial charge in [0.2, 0.25) is 0 Å². The Morgan fingerprint density at radius 1 is 0.857 bits per heavy atom. The molecule has 1 amide bonds. The second-order valence-electron chi connectivity index (χ2n) is 5.19. The van der Waals surface area contributed by atoms with E-state index in [2.05, 4.69) is 0 Å². The molecule has 0 atom stereocenters. The summed E-state index contributed by atoms with van der Waals surface area (Å²) in [6, 6.07) is 3.27. The normalized spacial score (nSPS) is 11.0. The Hall–Kier alpha value is -4.10. The Kier molecular flexibility index (Phi) is 5.24. The molecule has 2 aromatic rings. The first kappa shape index (κ1) is 20.2. The van der Waals surface area contributed by atoms with Crippen LogP contribution in [0.3, 0.4) is 0 Å². The molecule has 0 spiro atoms. The number of benzene rings is 2. The number of alkyl halides is 3. The van der Waals surface area contributed by atoms with Crippen molar-refractivity contribution in [2.75, 3.05) is 5.32 Å². The summed E-state index contributed by atoms with van der Waals surface area (Å²) in [7, 11) is 0. The first-order chi connectivity index (χ1) is 12.9. The third kappa shape index (κ3) is 4.35. The van der Waals surface area contributed by atoms with E-state index in [4.69, 9.17) is 0 Å². The summed E-state index contributed by atoms with van der Waals surface area (Å²) in [6.07, 6.45) is -4.87. The van der Waals surface area contributed by atoms with E-state index in [0.29, 0.717) is 30.3 Å². The maximum atomic E-state index is 12.7. The van der Waals surface area contributed by atoms with E-state index in [1.165, 1.54) is 0 Å². The molecule has 0 radical (unpaired) electrons. The maximum Gasteiger partial charge on any atom is 0.416 e. The number of nitrogens with one attached hydrogen (secondary N) is 1. The van der Waals surface area contributed by atoms with Gasteiger partial charge in [-0.05, 0) is 12.1 Å². The fourth-order valence-corrected chi connectivity index (χ4v) is 2.10. The van der Waals surface area contributed by atoms with Gasteiger partial charge >= 0.3 is 6.18 Å². The average molecular weight is 400 g/mol. The number of nitro benzene ring substituents is 3. The number of hydrogen-bond acceptors (Lipinski definition) is 7. The van der Waals surface area contributed by atoms with Crippen LogP contribution in [0, 0.1) is 30.3 Å². The summed E-state index contributed by atoms with van der Waals surface area (Å²) >= 11 is 0.